The number of para-hydroxylation sites is 1. The number of carbonyl (C=O) groups is 1. The van der Waals surface area contributed by atoms with E-state index >= 15 is 0 Å². The molecule has 1 aromatic heterocycles. The smallest absolute Gasteiger partial charge is 0.307 e. The molecule has 5 nitrogen and oxygen atoms in total. The van der Waals surface area contributed by atoms with Crippen LogP contribution in [0.15, 0.2) is 42.5 Å². The van der Waals surface area contributed by atoms with Crippen LogP contribution in [0.5, 0.6) is 11.5 Å². The van der Waals surface area contributed by atoms with Gasteiger partial charge in [-0.1, -0.05) is 12.1 Å². The Morgan fingerprint density at radius 1 is 1.28 bits per heavy atom. The Kier molecular flexibility index (Phi) is 3.64. The van der Waals surface area contributed by atoms with Gasteiger partial charge >= 0.3 is 5.97 Å². The number of hydrogen-bond acceptors (Lipinski definition) is 3. The number of rotatable bonds is 4. The summed E-state index contributed by atoms with van der Waals surface area (Å²) in [5.41, 5.74) is 4.38. The molecule has 128 valence electrons. The van der Waals surface area contributed by atoms with Crippen molar-refractivity contribution in [2.45, 2.75) is 26.0 Å². The fourth-order valence-corrected chi connectivity index (χ4v) is 3.67. The molecule has 1 N–H and O–H groups in total. The third-order valence-electron chi connectivity index (χ3n) is 4.74. The molecule has 1 aliphatic rings. The fourth-order valence-electron chi connectivity index (χ4n) is 3.67. The van der Waals surface area contributed by atoms with E-state index in [4.69, 9.17) is 14.6 Å². The first-order chi connectivity index (χ1) is 12.1. The number of aliphatic carboxylic acids is 1. The number of nitrogens with zero attached hydrogens (tertiary/aromatic N) is 1. The number of ether oxygens (including phenoxy) is 2. The molecule has 1 atom stereocenters. The van der Waals surface area contributed by atoms with Crippen LogP contribution >= 0.6 is 0 Å². The van der Waals surface area contributed by atoms with Gasteiger partial charge in [0, 0.05) is 5.39 Å². The molecule has 0 spiro atoms. The molecular weight excluding hydrogens is 318 g/mol. The molecule has 2 aromatic carbocycles. The molecule has 0 saturated heterocycles. The predicted molar refractivity (Wildman–Crippen MR) is 95.3 cm³/mol. The van der Waals surface area contributed by atoms with Gasteiger partial charge in [-0.3, -0.25) is 4.79 Å². The van der Waals surface area contributed by atoms with Crippen LogP contribution < -0.4 is 9.47 Å². The minimum absolute atomic E-state index is 0.0187. The van der Waals surface area contributed by atoms with Crippen molar-refractivity contribution in [1.29, 1.82) is 0 Å². The maximum absolute atomic E-state index is 11.1. The molecular formula is C20H19NO4. The van der Waals surface area contributed by atoms with Gasteiger partial charge in [-0.15, -0.1) is 0 Å². The monoisotopic (exact) mass is 337 g/mol. The van der Waals surface area contributed by atoms with Crippen molar-refractivity contribution in [1.82, 2.24) is 4.57 Å². The van der Waals surface area contributed by atoms with Crippen molar-refractivity contribution in [3.8, 4) is 22.8 Å². The lowest BCUT2D eigenvalue weighted by Crippen LogP contribution is -2.29. The van der Waals surface area contributed by atoms with Crippen LogP contribution in [0.2, 0.25) is 0 Å². The van der Waals surface area contributed by atoms with E-state index in [-0.39, 0.29) is 12.5 Å². The lowest BCUT2D eigenvalue weighted by molar-refractivity contribution is -0.139. The number of carboxylic acids is 1. The molecule has 0 radical (unpaired) electrons. The molecule has 0 fully saturated rings. The van der Waals surface area contributed by atoms with Gasteiger partial charge in [-0.25, -0.2) is 0 Å². The summed E-state index contributed by atoms with van der Waals surface area (Å²) >= 11 is 0. The van der Waals surface area contributed by atoms with Crippen LogP contribution in [0.3, 0.4) is 0 Å². The largest absolute Gasteiger partial charge is 0.497 e. The Bertz CT molecular complexity index is 956. The standard InChI is InChI=1S/C20H19NO4/c1-12-16-4-3-5-17-20(16)21(11-15(25-17)10-18(22)23)19(12)13-6-8-14(24-2)9-7-13/h3-9,15H,10-11H2,1-2H3,(H,22,23). The average molecular weight is 337 g/mol. The van der Waals surface area contributed by atoms with Gasteiger partial charge in [-0.05, 0) is 48.4 Å². The van der Waals surface area contributed by atoms with Gasteiger partial charge in [0.25, 0.3) is 0 Å². The molecule has 0 aliphatic carbocycles. The number of hydrogen-bond donors (Lipinski definition) is 1. The third-order valence-corrected chi connectivity index (χ3v) is 4.74. The van der Waals surface area contributed by atoms with Crippen molar-refractivity contribution in [3.05, 3.63) is 48.0 Å². The van der Waals surface area contributed by atoms with Gasteiger partial charge in [-0.2, -0.15) is 0 Å². The fraction of sp³-hybridized carbons (Fsp3) is 0.250. The molecule has 2 heterocycles. The molecule has 0 amide bonds. The van der Waals surface area contributed by atoms with Crippen LogP contribution in [-0.4, -0.2) is 28.9 Å². The van der Waals surface area contributed by atoms with E-state index in [2.05, 4.69) is 17.6 Å². The molecule has 4 rings (SSSR count). The molecule has 3 aromatic rings. The van der Waals surface area contributed by atoms with Gasteiger partial charge in [0.1, 0.15) is 17.6 Å². The van der Waals surface area contributed by atoms with Gasteiger partial charge in [0.05, 0.1) is 31.3 Å². The zero-order valence-corrected chi connectivity index (χ0v) is 14.2. The minimum atomic E-state index is -0.851. The first-order valence-electron chi connectivity index (χ1n) is 8.23. The maximum Gasteiger partial charge on any atom is 0.307 e. The number of aromatic nitrogens is 1. The van der Waals surface area contributed by atoms with Crippen LogP contribution in [-0.2, 0) is 11.3 Å². The lowest BCUT2D eigenvalue weighted by atomic mass is 10.1. The lowest BCUT2D eigenvalue weighted by Gasteiger charge is -2.26. The summed E-state index contributed by atoms with van der Waals surface area (Å²) in [4.78, 5) is 11.1. The first kappa shape index (κ1) is 15.6. The molecule has 1 aliphatic heterocycles. The Hall–Kier alpha value is -2.95. The second-order valence-electron chi connectivity index (χ2n) is 6.30. The second kappa shape index (κ2) is 5.84. The number of carboxylic acid groups (broad SMARTS) is 1. The summed E-state index contributed by atoms with van der Waals surface area (Å²) in [6, 6.07) is 13.9. The van der Waals surface area contributed by atoms with Crippen molar-refractivity contribution >= 4 is 16.9 Å². The van der Waals surface area contributed by atoms with E-state index in [1.165, 1.54) is 5.56 Å². The van der Waals surface area contributed by atoms with Crippen molar-refractivity contribution in [2.75, 3.05) is 7.11 Å². The first-order valence-corrected chi connectivity index (χ1v) is 8.23. The SMILES string of the molecule is COc1ccc(-c2c(C)c3cccc4c3n2CC(CC(=O)O)O4)cc1. The normalized spacial score (nSPS) is 15.8. The van der Waals surface area contributed by atoms with E-state index in [1.54, 1.807) is 7.11 Å². The van der Waals surface area contributed by atoms with Gasteiger partial charge in [0.2, 0.25) is 0 Å². The van der Waals surface area contributed by atoms with Crippen molar-refractivity contribution in [2.24, 2.45) is 0 Å². The van der Waals surface area contributed by atoms with Crippen molar-refractivity contribution < 1.29 is 19.4 Å². The minimum Gasteiger partial charge on any atom is -0.497 e. The molecule has 25 heavy (non-hydrogen) atoms. The van der Waals surface area contributed by atoms with E-state index in [0.29, 0.717) is 6.54 Å². The van der Waals surface area contributed by atoms with E-state index in [0.717, 1.165) is 33.7 Å². The van der Waals surface area contributed by atoms with Gasteiger partial charge in [0.15, 0.2) is 0 Å². The van der Waals surface area contributed by atoms with Crippen LogP contribution in [0.1, 0.15) is 12.0 Å². The highest BCUT2D eigenvalue weighted by Crippen LogP contribution is 2.41. The summed E-state index contributed by atoms with van der Waals surface area (Å²) in [5, 5.41) is 10.3. The average Bonchev–Trinajstić information content (AvgIpc) is 2.88. The quantitative estimate of drug-likeness (QED) is 0.785. The summed E-state index contributed by atoms with van der Waals surface area (Å²) in [7, 11) is 1.65. The Balaban J connectivity index is 1.90. The summed E-state index contributed by atoms with van der Waals surface area (Å²) < 4.78 is 13.4. The zero-order chi connectivity index (χ0) is 17.6. The molecule has 5 heteroatoms. The summed E-state index contributed by atoms with van der Waals surface area (Å²) in [6.07, 6.45) is -0.394. The highest BCUT2D eigenvalue weighted by atomic mass is 16.5. The summed E-state index contributed by atoms with van der Waals surface area (Å²) in [5.74, 6) is 0.706. The summed E-state index contributed by atoms with van der Waals surface area (Å²) in [6.45, 7) is 2.62. The predicted octanol–water partition coefficient (Wildman–Crippen LogP) is 3.86. The van der Waals surface area contributed by atoms with E-state index in [9.17, 15) is 4.79 Å². The Labute approximate surface area is 145 Å². The maximum atomic E-state index is 11.1. The number of benzene rings is 2. The van der Waals surface area contributed by atoms with Crippen LogP contribution in [0.25, 0.3) is 22.2 Å². The zero-order valence-electron chi connectivity index (χ0n) is 14.2. The number of methoxy groups -OCH3 is 1. The third kappa shape index (κ3) is 2.52. The highest BCUT2D eigenvalue weighted by Gasteiger charge is 2.28. The van der Waals surface area contributed by atoms with Crippen LogP contribution in [0, 0.1) is 6.92 Å². The Morgan fingerprint density at radius 2 is 2.04 bits per heavy atom. The highest BCUT2D eigenvalue weighted by molar-refractivity contribution is 5.95. The van der Waals surface area contributed by atoms with E-state index in [1.807, 2.05) is 36.4 Å². The number of aryl methyl sites for hydroxylation is 1. The second-order valence-corrected chi connectivity index (χ2v) is 6.30. The van der Waals surface area contributed by atoms with Crippen molar-refractivity contribution in [3.63, 3.8) is 0 Å². The molecule has 0 bridgehead atoms. The topological polar surface area (TPSA) is 60.7 Å². The Morgan fingerprint density at radius 3 is 2.72 bits per heavy atom. The van der Waals surface area contributed by atoms with Crippen LogP contribution in [0.4, 0.5) is 0 Å². The van der Waals surface area contributed by atoms with Gasteiger partial charge < -0.3 is 19.1 Å². The molecule has 1 unspecified atom stereocenters. The molecule has 0 saturated carbocycles. The van der Waals surface area contributed by atoms with E-state index < -0.39 is 5.97 Å².